The molecule has 1 fully saturated rings. The van der Waals surface area contributed by atoms with Gasteiger partial charge in [0.15, 0.2) is 11.5 Å². The number of piperazine rings is 1. The van der Waals surface area contributed by atoms with Crippen LogP contribution in [0.2, 0.25) is 0 Å². The van der Waals surface area contributed by atoms with Crippen LogP contribution in [0.15, 0.2) is 53.2 Å². The number of imide groups is 1. The molecule has 2 amide bonds. The largest absolute Gasteiger partial charge is 0.454 e. The normalized spacial score (nSPS) is 17.7. The van der Waals surface area contributed by atoms with Crippen molar-refractivity contribution in [3.8, 4) is 11.5 Å². The Morgan fingerprint density at radius 1 is 0.848 bits per heavy atom. The summed E-state index contributed by atoms with van der Waals surface area (Å²) in [6, 6.07) is 13.7. The number of nitrogens with zero attached hydrogens (tertiary/aromatic N) is 3. The smallest absolute Gasteiger partial charge is 0.263 e. The van der Waals surface area contributed by atoms with E-state index in [0.29, 0.717) is 17.7 Å². The van der Waals surface area contributed by atoms with Gasteiger partial charge in [0, 0.05) is 32.7 Å². The summed E-state index contributed by atoms with van der Waals surface area (Å²) < 4.78 is 10.9. The summed E-state index contributed by atoms with van der Waals surface area (Å²) in [5.74, 6) is 1.21. The van der Waals surface area contributed by atoms with E-state index >= 15 is 0 Å². The van der Waals surface area contributed by atoms with E-state index < -0.39 is 0 Å². The van der Waals surface area contributed by atoms with Crippen LogP contribution in [0.3, 0.4) is 0 Å². The Morgan fingerprint density at radius 2 is 1.70 bits per heavy atom. The zero-order valence-electron chi connectivity index (χ0n) is 18.0. The molecule has 1 aromatic heterocycles. The number of benzene rings is 2. The highest BCUT2D eigenvalue weighted by Gasteiger charge is 2.38. The molecular formula is C25H23N3O4S. The number of carbonyl (C=O) groups excluding carboxylic acids is 2. The van der Waals surface area contributed by atoms with Crippen LogP contribution in [0.1, 0.15) is 31.8 Å². The van der Waals surface area contributed by atoms with Gasteiger partial charge in [0.05, 0.1) is 23.4 Å². The average molecular weight is 462 g/mol. The van der Waals surface area contributed by atoms with Crippen molar-refractivity contribution in [2.75, 3.05) is 37.9 Å². The fourth-order valence-corrected chi connectivity index (χ4v) is 5.39. The first-order valence-corrected chi connectivity index (χ1v) is 12.0. The first-order chi connectivity index (χ1) is 16.2. The Bertz CT molecular complexity index is 1220. The van der Waals surface area contributed by atoms with Crippen molar-refractivity contribution < 1.29 is 19.1 Å². The lowest BCUT2D eigenvalue weighted by Crippen LogP contribution is -2.46. The van der Waals surface area contributed by atoms with E-state index in [9.17, 15) is 9.59 Å². The fraction of sp³-hybridized carbons (Fsp3) is 0.280. The van der Waals surface area contributed by atoms with Crippen molar-refractivity contribution in [3.63, 3.8) is 0 Å². The lowest BCUT2D eigenvalue weighted by atomic mass is 10.1. The van der Waals surface area contributed by atoms with Crippen LogP contribution in [0.5, 0.6) is 11.5 Å². The van der Waals surface area contributed by atoms with Crippen molar-refractivity contribution in [2.24, 2.45) is 0 Å². The first-order valence-electron chi connectivity index (χ1n) is 11.0. The molecule has 8 heteroatoms. The van der Waals surface area contributed by atoms with Crippen LogP contribution in [-0.4, -0.2) is 54.6 Å². The molecule has 1 saturated heterocycles. The molecule has 0 unspecified atom stereocenters. The van der Waals surface area contributed by atoms with E-state index in [1.807, 2.05) is 41.1 Å². The molecule has 6 rings (SSSR count). The minimum Gasteiger partial charge on any atom is -0.454 e. The summed E-state index contributed by atoms with van der Waals surface area (Å²) in [6.07, 6.45) is 0. The number of hydrogen-bond acceptors (Lipinski definition) is 7. The third-order valence-corrected chi connectivity index (χ3v) is 7.19. The van der Waals surface area contributed by atoms with Crippen molar-refractivity contribution in [3.05, 3.63) is 75.5 Å². The number of ether oxygens (including phenoxy) is 2. The second-order valence-electron chi connectivity index (χ2n) is 8.48. The highest BCUT2D eigenvalue weighted by molar-refractivity contribution is 7.07. The summed E-state index contributed by atoms with van der Waals surface area (Å²) >= 11 is 1.57. The fourth-order valence-electron chi connectivity index (χ4n) is 4.73. The van der Waals surface area contributed by atoms with Gasteiger partial charge >= 0.3 is 0 Å². The van der Waals surface area contributed by atoms with Crippen LogP contribution >= 0.6 is 11.3 Å². The molecular weight excluding hydrogens is 438 g/mol. The van der Waals surface area contributed by atoms with E-state index in [1.165, 1.54) is 10.5 Å². The molecule has 4 heterocycles. The monoisotopic (exact) mass is 461 g/mol. The zero-order chi connectivity index (χ0) is 22.4. The van der Waals surface area contributed by atoms with Gasteiger partial charge in [-0.05, 0) is 52.2 Å². The molecule has 0 N–H and O–H groups in total. The number of fused-ring (bicyclic) bond motifs is 2. The number of thiophene rings is 1. The predicted octanol–water partition coefficient (Wildman–Crippen LogP) is 3.60. The third kappa shape index (κ3) is 3.65. The minimum atomic E-state index is -0.204. The van der Waals surface area contributed by atoms with Gasteiger partial charge in [-0.3, -0.25) is 19.4 Å². The van der Waals surface area contributed by atoms with E-state index in [2.05, 4.69) is 15.9 Å². The summed E-state index contributed by atoms with van der Waals surface area (Å²) in [4.78, 5) is 32.2. The molecule has 0 bridgehead atoms. The van der Waals surface area contributed by atoms with Gasteiger partial charge < -0.3 is 14.4 Å². The van der Waals surface area contributed by atoms with E-state index in [0.717, 1.165) is 55.5 Å². The molecule has 0 radical (unpaired) electrons. The summed E-state index contributed by atoms with van der Waals surface area (Å²) in [5.41, 5.74) is 4.09. The average Bonchev–Trinajstić information content (AvgIpc) is 3.57. The van der Waals surface area contributed by atoms with Crippen LogP contribution < -0.4 is 14.4 Å². The van der Waals surface area contributed by atoms with Gasteiger partial charge in [-0.15, -0.1) is 0 Å². The standard InChI is InChI=1S/C25H23N3O4S/c29-24-19-2-1-3-20(23(19)25(30)28(24)14-18-6-11-33-15-18)27-9-7-26(8-10-27)13-17-4-5-21-22(12-17)32-16-31-21/h1-6,11-12,15H,7-10,13-14,16H2. The number of hydrogen-bond donors (Lipinski definition) is 0. The lowest BCUT2D eigenvalue weighted by Gasteiger charge is -2.36. The topological polar surface area (TPSA) is 62.3 Å². The molecule has 33 heavy (non-hydrogen) atoms. The summed E-state index contributed by atoms with van der Waals surface area (Å²) in [5, 5.41) is 3.94. The van der Waals surface area contributed by atoms with Crippen LogP contribution in [0, 0.1) is 0 Å². The number of carbonyl (C=O) groups is 2. The van der Waals surface area contributed by atoms with Gasteiger partial charge in [0.1, 0.15) is 0 Å². The molecule has 2 aromatic carbocycles. The summed E-state index contributed by atoms with van der Waals surface area (Å²) in [6.45, 7) is 4.78. The van der Waals surface area contributed by atoms with Crippen molar-refractivity contribution >= 4 is 28.8 Å². The molecule has 0 aliphatic carbocycles. The molecule has 3 aliphatic heterocycles. The number of rotatable bonds is 5. The molecule has 0 atom stereocenters. The second-order valence-corrected chi connectivity index (χ2v) is 9.26. The third-order valence-electron chi connectivity index (χ3n) is 6.45. The predicted molar refractivity (Wildman–Crippen MR) is 125 cm³/mol. The quantitative estimate of drug-likeness (QED) is 0.541. The Labute approximate surface area is 195 Å². The Hall–Kier alpha value is -3.36. The Balaban J connectivity index is 1.16. The van der Waals surface area contributed by atoms with Crippen molar-refractivity contribution in [1.29, 1.82) is 0 Å². The van der Waals surface area contributed by atoms with Gasteiger partial charge in [0.2, 0.25) is 6.79 Å². The van der Waals surface area contributed by atoms with Gasteiger partial charge in [-0.1, -0.05) is 12.1 Å². The maximum Gasteiger partial charge on any atom is 0.263 e. The highest BCUT2D eigenvalue weighted by atomic mass is 32.1. The van der Waals surface area contributed by atoms with Gasteiger partial charge in [-0.2, -0.15) is 11.3 Å². The SMILES string of the molecule is O=C1c2cccc(N3CCN(Cc4ccc5c(c4)OCO5)CC3)c2C(=O)N1Cc1ccsc1. The van der Waals surface area contributed by atoms with Crippen LogP contribution in [-0.2, 0) is 13.1 Å². The number of amides is 2. The lowest BCUT2D eigenvalue weighted by molar-refractivity contribution is 0.0642. The van der Waals surface area contributed by atoms with E-state index in [-0.39, 0.29) is 18.6 Å². The zero-order valence-corrected chi connectivity index (χ0v) is 18.8. The molecule has 3 aliphatic rings. The van der Waals surface area contributed by atoms with E-state index in [1.54, 1.807) is 17.4 Å². The second kappa shape index (κ2) is 8.20. The maximum absolute atomic E-state index is 13.2. The summed E-state index contributed by atoms with van der Waals surface area (Å²) in [7, 11) is 0. The van der Waals surface area contributed by atoms with Crippen LogP contribution in [0.25, 0.3) is 0 Å². The van der Waals surface area contributed by atoms with Gasteiger partial charge in [-0.25, -0.2) is 0 Å². The van der Waals surface area contributed by atoms with Gasteiger partial charge in [0.25, 0.3) is 11.8 Å². The molecule has 0 spiro atoms. The van der Waals surface area contributed by atoms with Crippen LogP contribution in [0.4, 0.5) is 5.69 Å². The molecule has 0 saturated carbocycles. The first kappa shape index (κ1) is 20.3. The highest BCUT2D eigenvalue weighted by Crippen LogP contribution is 2.35. The van der Waals surface area contributed by atoms with Crippen molar-refractivity contribution in [2.45, 2.75) is 13.1 Å². The molecule has 3 aromatic rings. The minimum absolute atomic E-state index is 0.195. The van der Waals surface area contributed by atoms with E-state index in [4.69, 9.17) is 9.47 Å². The Morgan fingerprint density at radius 3 is 2.52 bits per heavy atom. The Kier molecular flexibility index (Phi) is 5.04. The number of anilines is 1. The maximum atomic E-state index is 13.2. The molecule has 168 valence electrons. The molecule has 7 nitrogen and oxygen atoms in total. The van der Waals surface area contributed by atoms with Crippen molar-refractivity contribution in [1.82, 2.24) is 9.80 Å².